The summed E-state index contributed by atoms with van der Waals surface area (Å²) in [6.45, 7) is 5.43. The number of hydrogen-bond acceptors (Lipinski definition) is 9. The number of hydrogen-bond donors (Lipinski definition) is 4. The molecule has 2 aliphatic rings. The predicted molar refractivity (Wildman–Crippen MR) is 215 cm³/mol. The van der Waals surface area contributed by atoms with Crippen molar-refractivity contribution in [1.29, 1.82) is 0 Å². The SMILES string of the molecule is COC(=O)[C@H](Cc1ccccc1)NC(=O)C1(NC(=O)[C@H](Cc2ccccc2)NC(=O)[C@H]2CCCN2C(=O)[C@H](Cc2cncn2C)NC(=O)OC(C)(C)C)CCCCC1. The van der Waals surface area contributed by atoms with E-state index in [-0.39, 0.29) is 25.8 Å². The molecule has 5 rings (SSSR count). The molecule has 4 N–H and O–H groups in total. The highest BCUT2D eigenvalue weighted by Gasteiger charge is 2.45. The number of ether oxygens (including phenoxy) is 2. The van der Waals surface area contributed by atoms with Gasteiger partial charge in [0.2, 0.25) is 23.6 Å². The maximum Gasteiger partial charge on any atom is 0.408 e. The molecule has 1 saturated heterocycles. The molecular formula is C43H57N7O8. The average molecular weight is 800 g/mol. The first-order valence-corrected chi connectivity index (χ1v) is 20.0. The van der Waals surface area contributed by atoms with Gasteiger partial charge in [-0.15, -0.1) is 0 Å². The lowest BCUT2D eigenvalue weighted by Gasteiger charge is -2.38. The van der Waals surface area contributed by atoms with Gasteiger partial charge in [-0.2, -0.15) is 0 Å². The van der Waals surface area contributed by atoms with E-state index in [0.29, 0.717) is 44.2 Å². The second-order valence-electron chi connectivity index (χ2n) is 16.2. The molecule has 15 heteroatoms. The largest absolute Gasteiger partial charge is 0.467 e. The van der Waals surface area contributed by atoms with Crippen LogP contribution in [0.1, 0.15) is 82.5 Å². The smallest absolute Gasteiger partial charge is 0.408 e. The van der Waals surface area contributed by atoms with E-state index < -0.39 is 71.0 Å². The molecule has 1 aliphatic heterocycles. The molecule has 2 heterocycles. The zero-order valence-corrected chi connectivity index (χ0v) is 34.1. The predicted octanol–water partition coefficient (Wildman–Crippen LogP) is 3.29. The second kappa shape index (κ2) is 19.6. The van der Waals surface area contributed by atoms with Crippen molar-refractivity contribution in [3.8, 4) is 0 Å². The Bertz CT molecular complexity index is 1890. The van der Waals surface area contributed by atoms with Crippen molar-refractivity contribution in [2.24, 2.45) is 7.05 Å². The van der Waals surface area contributed by atoms with Gasteiger partial charge in [0.25, 0.3) is 0 Å². The van der Waals surface area contributed by atoms with E-state index in [0.717, 1.165) is 17.5 Å². The van der Waals surface area contributed by atoms with E-state index in [9.17, 15) is 28.8 Å². The van der Waals surface area contributed by atoms with Crippen LogP contribution in [-0.2, 0) is 59.8 Å². The summed E-state index contributed by atoms with van der Waals surface area (Å²) < 4.78 is 12.3. The Kier molecular flexibility index (Phi) is 14.7. The van der Waals surface area contributed by atoms with Gasteiger partial charge >= 0.3 is 12.1 Å². The maximum absolute atomic E-state index is 14.5. The van der Waals surface area contributed by atoms with Gasteiger partial charge in [-0.3, -0.25) is 19.2 Å². The summed E-state index contributed by atoms with van der Waals surface area (Å²) in [5.74, 6) is -2.68. The van der Waals surface area contributed by atoms with Crippen LogP contribution in [-0.4, -0.2) is 99.1 Å². The summed E-state index contributed by atoms with van der Waals surface area (Å²) in [6.07, 6.45) is 6.58. The van der Waals surface area contributed by atoms with E-state index in [1.807, 2.05) is 60.7 Å². The zero-order chi connectivity index (χ0) is 41.9. The third-order valence-electron chi connectivity index (χ3n) is 10.7. The van der Waals surface area contributed by atoms with Crippen LogP contribution in [0.4, 0.5) is 4.79 Å². The Labute approximate surface area is 340 Å². The number of methoxy groups -OCH3 is 1. The number of nitrogens with one attached hydrogen (secondary N) is 4. The minimum atomic E-state index is -1.35. The van der Waals surface area contributed by atoms with Gasteiger partial charge in [0.1, 0.15) is 35.3 Å². The molecule has 2 fully saturated rings. The van der Waals surface area contributed by atoms with E-state index in [1.165, 1.54) is 12.0 Å². The number of carbonyl (C=O) groups excluding carboxylic acids is 6. The molecule has 2 aromatic carbocycles. The Morgan fingerprint density at radius 1 is 0.810 bits per heavy atom. The fourth-order valence-electron chi connectivity index (χ4n) is 7.64. The molecule has 0 unspecified atom stereocenters. The highest BCUT2D eigenvalue weighted by atomic mass is 16.6. The van der Waals surface area contributed by atoms with Gasteiger partial charge in [-0.25, -0.2) is 14.6 Å². The number of aromatic nitrogens is 2. The molecule has 3 aromatic rings. The van der Waals surface area contributed by atoms with E-state index in [4.69, 9.17) is 9.47 Å². The van der Waals surface area contributed by atoms with Crippen LogP contribution in [0.5, 0.6) is 0 Å². The maximum atomic E-state index is 14.5. The van der Waals surface area contributed by atoms with E-state index in [1.54, 1.807) is 44.9 Å². The molecule has 1 saturated carbocycles. The normalized spacial score (nSPS) is 17.9. The summed E-state index contributed by atoms with van der Waals surface area (Å²) in [6, 6.07) is 14.4. The molecule has 1 aromatic heterocycles. The molecule has 15 nitrogen and oxygen atoms in total. The van der Waals surface area contributed by atoms with Gasteiger partial charge in [0.15, 0.2) is 0 Å². The second-order valence-corrected chi connectivity index (χ2v) is 16.2. The van der Waals surface area contributed by atoms with Gasteiger partial charge in [-0.1, -0.05) is 79.9 Å². The summed E-state index contributed by atoms with van der Waals surface area (Å²) in [7, 11) is 3.05. The minimum absolute atomic E-state index is 0.102. The van der Waals surface area contributed by atoms with Crippen molar-refractivity contribution in [2.45, 2.75) is 120 Å². The number of imidazole rings is 1. The first kappa shape index (κ1) is 43.4. The summed E-state index contributed by atoms with van der Waals surface area (Å²) in [5.41, 5.74) is 0.133. The lowest BCUT2D eigenvalue weighted by molar-refractivity contribution is -0.146. The van der Waals surface area contributed by atoms with E-state index in [2.05, 4.69) is 26.3 Å². The number of likely N-dealkylation sites (tertiary alicyclic amines) is 1. The Morgan fingerprint density at radius 2 is 1.43 bits per heavy atom. The molecule has 0 spiro atoms. The fraction of sp³-hybridized carbons (Fsp3) is 0.512. The van der Waals surface area contributed by atoms with Gasteiger partial charge in [0, 0.05) is 44.7 Å². The Morgan fingerprint density at radius 3 is 2.00 bits per heavy atom. The number of alkyl carbamates (subject to hydrolysis) is 1. The molecule has 0 radical (unpaired) electrons. The lowest BCUT2D eigenvalue weighted by atomic mass is 9.80. The summed E-state index contributed by atoms with van der Waals surface area (Å²) in [5, 5.41) is 11.5. The van der Waals surface area contributed by atoms with Crippen LogP contribution >= 0.6 is 0 Å². The molecule has 5 amide bonds. The molecule has 4 atom stereocenters. The number of aryl methyl sites for hydroxylation is 1. The first-order valence-electron chi connectivity index (χ1n) is 20.0. The molecule has 312 valence electrons. The van der Waals surface area contributed by atoms with Crippen LogP contribution in [0.25, 0.3) is 0 Å². The zero-order valence-electron chi connectivity index (χ0n) is 34.1. The third-order valence-corrected chi connectivity index (χ3v) is 10.7. The molecule has 1 aliphatic carbocycles. The van der Waals surface area contributed by atoms with Crippen LogP contribution in [0.2, 0.25) is 0 Å². The van der Waals surface area contributed by atoms with Crippen molar-refractivity contribution < 1.29 is 38.2 Å². The van der Waals surface area contributed by atoms with Crippen LogP contribution in [0.15, 0.2) is 73.2 Å². The number of rotatable bonds is 15. The summed E-state index contributed by atoms with van der Waals surface area (Å²) >= 11 is 0. The minimum Gasteiger partial charge on any atom is -0.467 e. The van der Waals surface area contributed by atoms with Gasteiger partial charge in [-0.05, 0) is 57.6 Å². The summed E-state index contributed by atoms with van der Waals surface area (Å²) in [4.78, 5) is 88.7. The monoisotopic (exact) mass is 799 g/mol. The van der Waals surface area contributed by atoms with E-state index >= 15 is 0 Å². The Balaban J connectivity index is 1.36. The van der Waals surface area contributed by atoms with Crippen molar-refractivity contribution in [2.75, 3.05) is 13.7 Å². The van der Waals surface area contributed by atoms with Crippen LogP contribution in [0, 0.1) is 0 Å². The number of amides is 5. The van der Waals surface area contributed by atoms with Gasteiger partial charge in [0.05, 0.1) is 13.4 Å². The highest BCUT2D eigenvalue weighted by Crippen LogP contribution is 2.29. The standard InChI is InChI=1S/C43H57N7O8/c1-42(2,3)58-41(56)47-33(26-31-27-44-28-49(31)4)38(53)50-23-15-20-35(50)37(52)45-32(24-29-16-9-6-10-17-29)36(51)48-43(21-13-8-14-22-43)40(55)46-34(39(54)57-5)25-30-18-11-7-12-19-30/h6-7,9-12,16-19,27-28,32-35H,8,13-15,20-26H2,1-5H3,(H,45,52)(H,46,55)(H,47,56)(H,48,51)/t32-,33-,34-,35+/m0/s1. The number of nitrogens with zero attached hydrogens (tertiary/aromatic N) is 3. The highest BCUT2D eigenvalue weighted by molar-refractivity contribution is 5.98. The fourth-order valence-corrected chi connectivity index (χ4v) is 7.64. The Hall–Kier alpha value is -5.73. The first-order chi connectivity index (χ1) is 27.7. The van der Waals surface area contributed by atoms with Gasteiger partial charge < -0.3 is 40.2 Å². The number of carbonyl (C=O) groups is 6. The van der Waals surface area contributed by atoms with Crippen LogP contribution < -0.4 is 21.3 Å². The topological polar surface area (TPSA) is 190 Å². The van der Waals surface area contributed by atoms with Crippen molar-refractivity contribution >= 4 is 35.7 Å². The van der Waals surface area contributed by atoms with Crippen LogP contribution in [0.3, 0.4) is 0 Å². The average Bonchev–Trinajstić information content (AvgIpc) is 3.86. The number of benzene rings is 2. The molecular weight excluding hydrogens is 743 g/mol. The molecule has 58 heavy (non-hydrogen) atoms. The van der Waals surface area contributed by atoms with Crippen molar-refractivity contribution in [3.63, 3.8) is 0 Å². The molecule has 0 bridgehead atoms. The van der Waals surface area contributed by atoms with Crippen molar-refractivity contribution in [3.05, 3.63) is 90.0 Å². The van der Waals surface area contributed by atoms with Crippen molar-refractivity contribution in [1.82, 2.24) is 35.7 Å². The lowest BCUT2D eigenvalue weighted by Crippen LogP contribution is -2.65. The number of esters is 1. The quantitative estimate of drug-likeness (QED) is 0.167. The third kappa shape index (κ3) is 11.7.